The molecule has 0 spiro atoms. The van der Waals surface area contributed by atoms with Crippen molar-refractivity contribution >= 4 is 0 Å². The Kier molecular flexibility index (Phi) is 8.25. The summed E-state index contributed by atoms with van der Waals surface area (Å²) in [6.07, 6.45) is 0.460. The molecule has 1 unspecified atom stereocenters. The quantitative estimate of drug-likeness (QED) is 0.667. The Bertz CT molecular complexity index is 648. The van der Waals surface area contributed by atoms with E-state index in [9.17, 15) is 5.11 Å². The van der Waals surface area contributed by atoms with E-state index in [0.717, 1.165) is 42.3 Å². The van der Waals surface area contributed by atoms with Gasteiger partial charge in [0.05, 0.1) is 14.2 Å². The molecule has 5 nitrogen and oxygen atoms in total. The van der Waals surface area contributed by atoms with Gasteiger partial charge in [0.2, 0.25) is 0 Å². The van der Waals surface area contributed by atoms with Gasteiger partial charge in [-0.15, -0.1) is 0 Å². The van der Waals surface area contributed by atoms with Crippen LogP contribution < -0.4 is 14.2 Å². The molecule has 0 fully saturated rings. The van der Waals surface area contributed by atoms with Gasteiger partial charge < -0.3 is 19.3 Å². The molecular weight excluding hydrogens is 330 g/mol. The first-order valence-corrected chi connectivity index (χ1v) is 8.95. The van der Waals surface area contributed by atoms with Crippen molar-refractivity contribution in [3.05, 3.63) is 54.1 Å². The zero-order chi connectivity index (χ0) is 18.8. The monoisotopic (exact) mass is 359 g/mol. The lowest BCUT2D eigenvalue weighted by Crippen LogP contribution is -2.35. The average molecular weight is 359 g/mol. The number of ether oxygens (including phenoxy) is 3. The predicted octanol–water partition coefficient (Wildman–Crippen LogP) is 3.36. The molecule has 1 atom stereocenters. The number of para-hydroxylation sites is 1. The van der Waals surface area contributed by atoms with Crippen LogP contribution in [-0.4, -0.2) is 50.0 Å². The van der Waals surface area contributed by atoms with Crippen LogP contribution in [0.5, 0.6) is 17.2 Å². The standard InChI is InChI=1S/C21H29NO4/c1-4-12-22(14-17-10-11-20(24-2)21(13-17)25-3)15-18(23)16-26-19-8-6-5-7-9-19/h5-11,13,18,23H,4,12,14-16H2,1-3H3. The SMILES string of the molecule is CCCN(Cc1ccc(OC)c(OC)c1)CC(O)COc1ccccc1. The molecule has 2 rings (SSSR count). The van der Waals surface area contributed by atoms with E-state index in [1.807, 2.05) is 48.5 Å². The molecule has 0 aliphatic heterocycles. The highest BCUT2D eigenvalue weighted by molar-refractivity contribution is 5.42. The summed E-state index contributed by atoms with van der Waals surface area (Å²) >= 11 is 0. The molecule has 0 aliphatic rings. The molecule has 0 aromatic heterocycles. The van der Waals surface area contributed by atoms with E-state index in [4.69, 9.17) is 14.2 Å². The molecule has 0 bridgehead atoms. The summed E-state index contributed by atoms with van der Waals surface area (Å²) in [5.74, 6) is 2.21. The molecule has 0 amide bonds. The molecule has 2 aromatic carbocycles. The van der Waals surface area contributed by atoms with Crippen LogP contribution in [0.15, 0.2) is 48.5 Å². The number of nitrogens with zero attached hydrogens (tertiary/aromatic N) is 1. The first kappa shape index (κ1) is 20.1. The minimum atomic E-state index is -0.554. The Hall–Kier alpha value is -2.24. The lowest BCUT2D eigenvalue weighted by atomic mass is 10.1. The van der Waals surface area contributed by atoms with E-state index in [-0.39, 0.29) is 6.61 Å². The van der Waals surface area contributed by atoms with E-state index in [0.29, 0.717) is 6.54 Å². The van der Waals surface area contributed by atoms with Gasteiger partial charge in [0.25, 0.3) is 0 Å². The summed E-state index contributed by atoms with van der Waals surface area (Å²) < 4.78 is 16.3. The molecule has 0 heterocycles. The second-order valence-corrected chi connectivity index (χ2v) is 6.20. The first-order valence-electron chi connectivity index (χ1n) is 8.95. The largest absolute Gasteiger partial charge is 0.493 e. The van der Waals surface area contributed by atoms with Crippen LogP contribution in [-0.2, 0) is 6.54 Å². The number of aliphatic hydroxyl groups is 1. The van der Waals surface area contributed by atoms with Gasteiger partial charge in [-0.2, -0.15) is 0 Å². The number of benzene rings is 2. The Morgan fingerprint density at radius 2 is 1.73 bits per heavy atom. The molecule has 0 radical (unpaired) electrons. The van der Waals surface area contributed by atoms with Gasteiger partial charge in [0, 0.05) is 13.1 Å². The minimum absolute atomic E-state index is 0.274. The maximum atomic E-state index is 10.4. The first-order chi connectivity index (χ1) is 12.7. The Morgan fingerprint density at radius 1 is 1.00 bits per heavy atom. The maximum absolute atomic E-state index is 10.4. The lowest BCUT2D eigenvalue weighted by molar-refractivity contribution is 0.0655. The van der Waals surface area contributed by atoms with E-state index in [1.165, 1.54) is 0 Å². The van der Waals surface area contributed by atoms with Crippen LogP contribution in [0.2, 0.25) is 0 Å². The Labute approximate surface area is 156 Å². The van der Waals surface area contributed by atoms with Gasteiger partial charge in [-0.25, -0.2) is 0 Å². The molecule has 1 N–H and O–H groups in total. The Balaban J connectivity index is 1.93. The van der Waals surface area contributed by atoms with Crippen molar-refractivity contribution in [2.75, 3.05) is 33.9 Å². The van der Waals surface area contributed by atoms with Gasteiger partial charge in [-0.05, 0) is 42.8 Å². The molecule has 2 aromatic rings. The normalized spacial score (nSPS) is 12.0. The predicted molar refractivity (Wildman–Crippen MR) is 103 cm³/mol. The summed E-state index contributed by atoms with van der Waals surface area (Å²) in [5.41, 5.74) is 1.12. The highest BCUT2D eigenvalue weighted by Gasteiger charge is 2.14. The van der Waals surface area contributed by atoms with Crippen LogP contribution >= 0.6 is 0 Å². The third-order valence-corrected chi connectivity index (χ3v) is 4.05. The average Bonchev–Trinajstić information content (AvgIpc) is 2.67. The number of methoxy groups -OCH3 is 2. The van der Waals surface area contributed by atoms with Crippen molar-refractivity contribution in [1.82, 2.24) is 4.90 Å². The summed E-state index contributed by atoms with van der Waals surface area (Å²) in [4.78, 5) is 2.22. The number of hydrogen-bond acceptors (Lipinski definition) is 5. The minimum Gasteiger partial charge on any atom is -0.493 e. The molecule has 5 heteroatoms. The Morgan fingerprint density at radius 3 is 2.38 bits per heavy atom. The third kappa shape index (κ3) is 6.24. The van der Waals surface area contributed by atoms with Crippen LogP contribution in [0, 0.1) is 0 Å². The second kappa shape index (κ2) is 10.7. The van der Waals surface area contributed by atoms with E-state index < -0.39 is 6.10 Å². The lowest BCUT2D eigenvalue weighted by Gasteiger charge is -2.25. The van der Waals surface area contributed by atoms with Crippen molar-refractivity contribution in [1.29, 1.82) is 0 Å². The van der Waals surface area contributed by atoms with Crippen molar-refractivity contribution in [2.45, 2.75) is 26.0 Å². The van der Waals surface area contributed by atoms with Crippen molar-refractivity contribution in [3.63, 3.8) is 0 Å². The van der Waals surface area contributed by atoms with E-state index >= 15 is 0 Å². The molecule has 26 heavy (non-hydrogen) atoms. The zero-order valence-corrected chi connectivity index (χ0v) is 15.9. The van der Waals surface area contributed by atoms with Crippen LogP contribution in [0.25, 0.3) is 0 Å². The number of rotatable bonds is 11. The summed E-state index contributed by atoms with van der Waals surface area (Å²) in [6, 6.07) is 15.5. The van der Waals surface area contributed by atoms with Crippen molar-refractivity contribution < 1.29 is 19.3 Å². The fourth-order valence-corrected chi connectivity index (χ4v) is 2.85. The maximum Gasteiger partial charge on any atom is 0.161 e. The van der Waals surface area contributed by atoms with Crippen LogP contribution in [0.3, 0.4) is 0 Å². The fourth-order valence-electron chi connectivity index (χ4n) is 2.85. The zero-order valence-electron chi connectivity index (χ0n) is 15.9. The van der Waals surface area contributed by atoms with Gasteiger partial charge in [-0.1, -0.05) is 31.2 Å². The van der Waals surface area contributed by atoms with Gasteiger partial charge in [-0.3, -0.25) is 4.90 Å². The molecule has 142 valence electrons. The van der Waals surface area contributed by atoms with E-state index in [2.05, 4.69) is 11.8 Å². The van der Waals surface area contributed by atoms with Crippen LogP contribution in [0.1, 0.15) is 18.9 Å². The van der Waals surface area contributed by atoms with E-state index in [1.54, 1.807) is 14.2 Å². The molecule has 0 aliphatic carbocycles. The number of hydrogen-bond donors (Lipinski definition) is 1. The molecule has 0 saturated heterocycles. The second-order valence-electron chi connectivity index (χ2n) is 6.20. The molecule has 0 saturated carbocycles. The van der Waals surface area contributed by atoms with Crippen molar-refractivity contribution in [3.8, 4) is 17.2 Å². The summed E-state index contributed by atoms with van der Waals surface area (Å²) in [5, 5.41) is 10.4. The summed E-state index contributed by atoms with van der Waals surface area (Å²) in [6.45, 7) is 4.59. The fraction of sp³-hybridized carbons (Fsp3) is 0.429. The van der Waals surface area contributed by atoms with Gasteiger partial charge in [0.1, 0.15) is 18.5 Å². The van der Waals surface area contributed by atoms with Crippen LogP contribution in [0.4, 0.5) is 0 Å². The van der Waals surface area contributed by atoms with Gasteiger partial charge in [0.15, 0.2) is 11.5 Å². The third-order valence-electron chi connectivity index (χ3n) is 4.05. The van der Waals surface area contributed by atoms with Crippen molar-refractivity contribution in [2.24, 2.45) is 0 Å². The highest BCUT2D eigenvalue weighted by Crippen LogP contribution is 2.28. The highest BCUT2D eigenvalue weighted by atomic mass is 16.5. The number of aliphatic hydroxyl groups excluding tert-OH is 1. The smallest absolute Gasteiger partial charge is 0.161 e. The summed E-state index contributed by atoms with van der Waals surface area (Å²) in [7, 11) is 3.26. The topological polar surface area (TPSA) is 51.2 Å². The molecular formula is C21H29NO4. The van der Waals surface area contributed by atoms with Gasteiger partial charge >= 0.3 is 0 Å².